The minimum atomic E-state index is -0.891. The molecule has 1 heterocycles. The number of methoxy groups -OCH3 is 1. The summed E-state index contributed by atoms with van der Waals surface area (Å²) in [6.45, 7) is 2.59. The fourth-order valence-corrected chi connectivity index (χ4v) is 1.97. The molecule has 17 heavy (non-hydrogen) atoms. The van der Waals surface area contributed by atoms with Crippen molar-refractivity contribution in [1.29, 1.82) is 0 Å². The molecule has 0 spiro atoms. The van der Waals surface area contributed by atoms with Crippen molar-refractivity contribution in [3.8, 4) is 0 Å². The van der Waals surface area contributed by atoms with E-state index in [1.54, 1.807) is 7.11 Å². The number of carbonyl (C=O) groups is 1. The molecule has 1 aliphatic heterocycles. The van der Waals surface area contributed by atoms with Gasteiger partial charge in [0.25, 0.3) is 0 Å². The van der Waals surface area contributed by atoms with Crippen LogP contribution < -0.4 is 0 Å². The Kier molecular flexibility index (Phi) is 6.43. The summed E-state index contributed by atoms with van der Waals surface area (Å²) in [7, 11) is 1.63. The lowest BCUT2D eigenvalue weighted by Crippen LogP contribution is -2.37. The van der Waals surface area contributed by atoms with Crippen molar-refractivity contribution >= 4 is 5.97 Å². The van der Waals surface area contributed by atoms with E-state index in [-0.39, 0.29) is 12.7 Å². The molecule has 0 bridgehead atoms. The van der Waals surface area contributed by atoms with E-state index in [1.807, 2.05) is 4.90 Å². The Labute approximate surface area is 101 Å². The highest BCUT2D eigenvalue weighted by molar-refractivity contribution is 5.72. The number of hydrogen-bond acceptors (Lipinski definition) is 5. The van der Waals surface area contributed by atoms with Crippen LogP contribution in [0.2, 0.25) is 0 Å². The Morgan fingerprint density at radius 2 is 2.24 bits per heavy atom. The van der Waals surface area contributed by atoms with E-state index in [4.69, 9.17) is 19.7 Å². The van der Waals surface area contributed by atoms with Gasteiger partial charge in [-0.2, -0.15) is 0 Å². The SMILES string of the molecule is COCCN(CCO)CC1CCC(C(=O)O)O1. The third-order valence-electron chi connectivity index (χ3n) is 2.87. The van der Waals surface area contributed by atoms with Crippen LogP contribution in [-0.2, 0) is 14.3 Å². The van der Waals surface area contributed by atoms with Gasteiger partial charge in [0.2, 0.25) is 0 Å². The second-order valence-corrected chi connectivity index (χ2v) is 4.18. The first-order valence-corrected chi connectivity index (χ1v) is 5.87. The summed E-state index contributed by atoms with van der Waals surface area (Å²) in [6, 6.07) is 0. The van der Waals surface area contributed by atoms with E-state index in [1.165, 1.54) is 0 Å². The minimum absolute atomic E-state index is 0.0560. The van der Waals surface area contributed by atoms with Gasteiger partial charge in [-0.25, -0.2) is 4.79 Å². The molecule has 0 aromatic rings. The number of aliphatic hydroxyl groups excluding tert-OH is 1. The molecular formula is C11H21NO5. The standard InChI is InChI=1S/C11H21NO5/c1-16-7-5-12(4-6-13)8-9-2-3-10(17-9)11(14)15/h9-10,13H,2-8H2,1H3,(H,14,15). The van der Waals surface area contributed by atoms with Crippen LogP contribution in [0.4, 0.5) is 0 Å². The Bertz CT molecular complexity index is 236. The van der Waals surface area contributed by atoms with Gasteiger partial charge in [0, 0.05) is 26.7 Å². The largest absolute Gasteiger partial charge is 0.479 e. The lowest BCUT2D eigenvalue weighted by molar-refractivity contribution is -0.149. The minimum Gasteiger partial charge on any atom is -0.479 e. The zero-order chi connectivity index (χ0) is 12.7. The molecule has 0 radical (unpaired) electrons. The van der Waals surface area contributed by atoms with Crippen LogP contribution in [-0.4, -0.2) is 73.2 Å². The average molecular weight is 247 g/mol. The Morgan fingerprint density at radius 3 is 2.76 bits per heavy atom. The molecule has 0 aromatic heterocycles. The maximum Gasteiger partial charge on any atom is 0.332 e. The van der Waals surface area contributed by atoms with E-state index in [2.05, 4.69) is 0 Å². The lowest BCUT2D eigenvalue weighted by atomic mass is 10.2. The van der Waals surface area contributed by atoms with E-state index < -0.39 is 12.1 Å². The van der Waals surface area contributed by atoms with Crippen molar-refractivity contribution in [3.63, 3.8) is 0 Å². The lowest BCUT2D eigenvalue weighted by Gasteiger charge is -2.24. The highest BCUT2D eigenvalue weighted by atomic mass is 16.5. The normalized spacial score (nSPS) is 24.4. The van der Waals surface area contributed by atoms with Crippen molar-refractivity contribution in [1.82, 2.24) is 4.90 Å². The van der Waals surface area contributed by atoms with Crippen LogP contribution in [0.3, 0.4) is 0 Å². The van der Waals surface area contributed by atoms with Crippen LogP contribution in [0.5, 0.6) is 0 Å². The summed E-state index contributed by atoms with van der Waals surface area (Å²) in [5.41, 5.74) is 0. The maximum atomic E-state index is 10.7. The van der Waals surface area contributed by atoms with Gasteiger partial charge in [-0.3, -0.25) is 4.90 Å². The summed E-state index contributed by atoms with van der Waals surface area (Å²) in [4.78, 5) is 12.8. The van der Waals surface area contributed by atoms with E-state index in [9.17, 15) is 4.79 Å². The molecule has 1 rings (SSSR count). The van der Waals surface area contributed by atoms with Crippen molar-refractivity contribution in [2.24, 2.45) is 0 Å². The first-order chi connectivity index (χ1) is 8.17. The molecule has 1 saturated heterocycles. The van der Waals surface area contributed by atoms with E-state index in [0.717, 1.165) is 6.42 Å². The molecule has 100 valence electrons. The zero-order valence-corrected chi connectivity index (χ0v) is 10.2. The van der Waals surface area contributed by atoms with Crippen molar-refractivity contribution in [3.05, 3.63) is 0 Å². The smallest absolute Gasteiger partial charge is 0.332 e. The van der Waals surface area contributed by atoms with Gasteiger partial charge >= 0.3 is 5.97 Å². The fraction of sp³-hybridized carbons (Fsp3) is 0.909. The van der Waals surface area contributed by atoms with E-state index >= 15 is 0 Å². The molecule has 2 atom stereocenters. The number of nitrogens with zero attached hydrogens (tertiary/aromatic N) is 1. The molecule has 2 unspecified atom stereocenters. The Hall–Kier alpha value is -0.690. The second-order valence-electron chi connectivity index (χ2n) is 4.18. The number of aliphatic hydroxyl groups is 1. The molecular weight excluding hydrogens is 226 g/mol. The van der Waals surface area contributed by atoms with Crippen LogP contribution in [0, 0.1) is 0 Å². The molecule has 1 fully saturated rings. The van der Waals surface area contributed by atoms with Crippen molar-refractivity contribution < 1.29 is 24.5 Å². The molecule has 0 aliphatic carbocycles. The molecule has 6 heteroatoms. The van der Waals surface area contributed by atoms with Gasteiger partial charge in [-0.1, -0.05) is 0 Å². The fourth-order valence-electron chi connectivity index (χ4n) is 1.97. The number of carboxylic acid groups (broad SMARTS) is 1. The summed E-state index contributed by atoms with van der Waals surface area (Å²) in [5.74, 6) is -0.891. The van der Waals surface area contributed by atoms with Gasteiger partial charge in [0.15, 0.2) is 6.10 Å². The number of ether oxygens (including phenoxy) is 2. The monoisotopic (exact) mass is 247 g/mol. The van der Waals surface area contributed by atoms with Crippen LogP contribution >= 0.6 is 0 Å². The van der Waals surface area contributed by atoms with Gasteiger partial charge < -0.3 is 19.7 Å². The highest BCUT2D eigenvalue weighted by Crippen LogP contribution is 2.20. The van der Waals surface area contributed by atoms with Crippen LogP contribution in [0.15, 0.2) is 0 Å². The molecule has 6 nitrogen and oxygen atoms in total. The predicted molar refractivity (Wildman–Crippen MR) is 60.9 cm³/mol. The Morgan fingerprint density at radius 1 is 1.47 bits per heavy atom. The molecule has 0 amide bonds. The zero-order valence-electron chi connectivity index (χ0n) is 10.2. The molecule has 1 aliphatic rings. The molecule has 0 saturated carbocycles. The first kappa shape index (κ1) is 14.4. The van der Waals surface area contributed by atoms with Crippen molar-refractivity contribution in [2.45, 2.75) is 25.0 Å². The quantitative estimate of drug-likeness (QED) is 0.605. The maximum absolute atomic E-state index is 10.7. The number of carboxylic acids is 1. The highest BCUT2D eigenvalue weighted by Gasteiger charge is 2.31. The average Bonchev–Trinajstić information content (AvgIpc) is 2.75. The number of hydrogen-bond donors (Lipinski definition) is 2. The van der Waals surface area contributed by atoms with Crippen molar-refractivity contribution in [2.75, 3.05) is 40.0 Å². The summed E-state index contributed by atoms with van der Waals surface area (Å²) in [6.07, 6.45) is 0.598. The topological polar surface area (TPSA) is 79.2 Å². The van der Waals surface area contributed by atoms with Crippen LogP contribution in [0.25, 0.3) is 0 Å². The Balaban J connectivity index is 2.32. The molecule has 2 N–H and O–H groups in total. The van der Waals surface area contributed by atoms with Gasteiger partial charge in [-0.05, 0) is 12.8 Å². The predicted octanol–water partition coefficient (Wildman–Crippen LogP) is -0.441. The third-order valence-corrected chi connectivity index (χ3v) is 2.87. The third kappa shape index (κ3) is 4.99. The first-order valence-electron chi connectivity index (χ1n) is 5.87. The summed E-state index contributed by atoms with van der Waals surface area (Å²) < 4.78 is 10.4. The summed E-state index contributed by atoms with van der Waals surface area (Å²) in [5, 5.41) is 17.7. The number of rotatable bonds is 8. The van der Waals surface area contributed by atoms with Gasteiger partial charge in [0.05, 0.1) is 19.3 Å². The second kappa shape index (κ2) is 7.60. The summed E-state index contributed by atoms with van der Waals surface area (Å²) >= 11 is 0. The molecule has 0 aromatic carbocycles. The van der Waals surface area contributed by atoms with Crippen LogP contribution in [0.1, 0.15) is 12.8 Å². The van der Waals surface area contributed by atoms with Gasteiger partial charge in [-0.15, -0.1) is 0 Å². The number of aliphatic carboxylic acids is 1. The van der Waals surface area contributed by atoms with E-state index in [0.29, 0.717) is 32.7 Å². The van der Waals surface area contributed by atoms with Gasteiger partial charge in [0.1, 0.15) is 0 Å².